The van der Waals surface area contributed by atoms with Crippen LogP contribution >= 0.6 is 11.6 Å². The second-order valence-electron chi connectivity index (χ2n) is 6.27. The van der Waals surface area contributed by atoms with Crippen LogP contribution in [0.1, 0.15) is 23.1 Å². The zero-order valence-electron chi connectivity index (χ0n) is 15.7. The first kappa shape index (κ1) is 21.2. The number of methoxy groups -OCH3 is 1. The fraction of sp³-hybridized carbons (Fsp3) is 0.316. The summed E-state index contributed by atoms with van der Waals surface area (Å²) < 4.78 is 32.7. The minimum Gasteiger partial charge on any atom is -0.496 e. The molecule has 0 radical (unpaired) electrons. The third kappa shape index (κ3) is 5.45. The molecule has 0 saturated heterocycles. The van der Waals surface area contributed by atoms with Gasteiger partial charge >= 0.3 is 0 Å². The number of hydrogen-bond donors (Lipinski definition) is 2. The van der Waals surface area contributed by atoms with Crippen LogP contribution in [0.3, 0.4) is 0 Å². The van der Waals surface area contributed by atoms with Crippen LogP contribution in [0.25, 0.3) is 0 Å². The number of amides is 1. The Kier molecular flexibility index (Phi) is 6.86. The molecular weight excluding hydrogens is 388 g/mol. The van der Waals surface area contributed by atoms with E-state index in [4.69, 9.17) is 16.3 Å². The zero-order valence-corrected chi connectivity index (χ0v) is 17.3. The molecule has 0 aliphatic heterocycles. The molecule has 6 nitrogen and oxygen atoms in total. The Bertz CT molecular complexity index is 958. The maximum absolute atomic E-state index is 12.5. The number of hydrogen-bond acceptors (Lipinski definition) is 4. The lowest BCUT2D eigenvalue weighted by atomic mass is 10.1. The molecule has 146 valence electrons. The van der Waals surface area contributed by atoms with Crippen molar-refractivity contribution in [2.45, 2.75) is 32.1 Å². The van der Waals surface area contributed by atoms with Gasteiger partial charge in [-0.15, -0.1) is 0 Å². The molecule has 2 aromatic rings. The summed E-state index contributed by atoms with van der Waals surface area (Å²) >= 11 is 6.08. The van der Waals surface area contributed by atoms with Gasteiger partial charge < -0.3 is 10.1 Å². The number of carbonyl (C=O) groups is 1. The van der Waals surface area contributed by atoms with E-state index >= 15 is 0 Å². The van der Waals surface area contributed by atoms with Crippen molar-refractivity contribution >= 4 is 33.2 Å². The Hall–Kier alpha value is -2.09. The van der Waals surface area contributed by atoms with Crippen molar-refractivity contribution in [1.82, 2.24) is 4.72 Å². The smallest absolute Gasteiger partial charge is 0.240 e. The van der Waals surface area contributed by atoms with Gasteiger partial charge in [0.2, 0.25) is 15.9 Å². The summed E-state index contributed by atoms with van der Waals surface area (Å²) in [6, 6.07) is 8.52. The van der Waals surface area contributed by atoms with E-state index in [1.165, 1.54) is 7.11 Å². The normalized spacial score (nSPS) is 11.3. The molecule has 0 aliphatic rings. The second kappa shape index (κ2) is 8.73. The summed E-state index contributed by atoms with van der Waals surface area (Å²) in [5, 5.41) is 3.11. The monoisotopic (exact) mass is 410 g/mol. The maximum Gasteiger partial charge on any atom is 0.240 e. The third-order valence-corrected chi connectivity index (χ3v) is 5.94. The van der Waals surface area contributed by atoms with Gasteiger partial charge in [0.05, 0.1) is 22.7 Å². The number of sulfonamides is 1. The maximum atomic E-state index is 12.5. The van der Waals surface area contributed by atoms with Crippen LogP contribution in [-0.4, -0.2) is 28.0 Å². The molecular formula is C19H23ClN2O4S. The van der Waals surface area contributed by atoms with Crippen LogP contribution in [0.5, 0.6) is 5.75 Å². The summed E-state index contributed by atoms with van der Waals surface area (Å²) in [7, 11) is -2.20. The van der Waals surface area contributed by atoms with Gasteiger partial charge in [0.25, 0.3) is 0 Å². The van der Waals surface area contributed by atoms with Crippen LogP contribution in [0.2, 0.25) is 5.02 Å². The molecule has 0 heterocycles. The van der Waals surface area contributed by atoms with E-state index in [0.717, 1.165) is 11.1 Å². The van der Waals surface area contributed by atoms with Gasteiger partial charge in [-0.2, -0.15) is 0 Å². The van der Waals surface area contributed by atoms with Gasteiger partial charge in [0.1, 0.15) is 5.75 Å². The van der Waals surface area contributed by atoms with Gasteiger partial charge in [-0.05, 0) is 61.7 Å². The number of halogens is 1. The molecule has 0 bridgehead atoms. The largest absolute Gasteiger partial charge is 0.496 e. The van der Waals surface area contributed by atoms with Crippen molar-refractivity contribution in [3.8, 4) is 5.75 Å². The topological polar surface area (TPSA) is 84.5 Å². The van der Waals surface area contributed by atoms with Crippen LogP contribution in [0, 0.1) is 20.8 Å². The Morgan fingerprint density at radius 1 is 1.11 bits per heavy atom. The van der Waals surface area contributed by atoms with Gasteiger partial charge in [-0.25, -0.2) is 13.1 Å². The Balaban J connectivity index is 1.99. The van der Waals surface area contributed by atoms with E-state index in [1.807, 2.05) is 13.0 Å². The van der Waals surface area contributed by atoms with E-state index < -0.39 is 10.0 Å². The van der Waals surface area contributed by atoms with Gasteiger partial charge in [0.15, 0.2) is 0 Å². The average Bonchev–Trinajstić information content (AvgIpc) is 2.58. The van der Waals surface area contributed by atoms with Crippen molar-refractivity contribution < 1.29 is 17.9 Å². The first-order chi connectivity index (χ1) is 12.6. The van der Waals surface area contributed by atoms with Crippen molar-refractivity contribution in [2.75, 3.05) is 19.0 Å². The van der Waals surface area contributed by atoms with E-state index in [-0.39, 0.29) is 23.8 Å². The Labute approximate surface area is 164 Å². The van der Waals surface area contributed by atoms with Crippen LogP contribution in [0.15, 0.2) is 35.2 Å². The molecule has 1 amide bonds. The van der Waals surface area contributed by atoms with E-state index in [1.54, 1.807) is 38.1 Å². The van der Waals surface area contributed by atoms with Crippen LogP contribution in [0.4, 0.5) is 5.69 Å². The second-order valence-corrected chi connectivity index (χ2v) is 8.41. The number of nitrogens with one attached hydrogen (secondary N) is 2. The van der Waals surface area contributed by atoms with E-state index in [9.17, 15) is 13.2 Å². The minimum absolute atomic E-state index is 0.0163. The lowest BCUT2D eigenvalue weighted by Gasteiger charge is -2.13. The molecule has 0 unspecified atom stereocenters. The summed E-state index contributed by atoms with van der Waals surface area (Å²) in [4.78, 5) is 12.2. The minimum atomic E-state index is -3.73. The molecule has 8 heteroatoms. The number of benzene rings is 2. The zero-order chi connectivity index (χ0) is 20.2. The number of aryl methyl sites for hydroxylation is 3. The quantitative estimate of drug-likeness (QED) is 0.730. The van der Waals surface area contributed by atoms with E-state index in [0.29, 0.717) is 22.0 Å². The third-order valence-electron chi connectivity index (χ3n) is 4.02. The summed E-state index contributed by atoms with van der Waals surface area (Å²) in [6.07, 6.45) is -0.0163. The fourth-order valence-corrected chi connectivity index (χ4v) is 4.21. The summed E-state index contributed by atoms with van der Waals surface area (Å²) in [5.41, 5.74) is 2.77. The Morgan fingerprint density at radius 3 is 2.44 bits per heavy atom. The highest BCUT2D eigenvalue weighted by atomic mass is 35.5. The highest BCUT2D eigenvalue weighted by molar-refractivity contribution is 7.89. The molecule has 2 aromatic carbocycles. The van der Waals surface area contributed by atoms with E-state index in [2.05, 4.69) is 10.0 Å². The van der Waals surface area contributed by atoms with Crippen LogP contribution < -0.4 is 14.8 Å². The van der Waals surface area contributed by atoms with Gasteiger partial charge in [-0.3, -0.25) is 4.79 Å². The first-order valence-corrected chi connectivity index (χ1v) is 10.2. The number of anilines is 1. The molecule has 2 N–H and O–H groups in total. The number of carbonyl (C=O) groups excluding carboxylic acids is 1. The number of rotatable bonds is 7. The SMILES string of the molecule is COc1cc(C)c(S(=O)(=O)NCCC(=O)Nc2ccc(C)cc2Cl)cc1C. The molecule has 2 rings (SSSR count). The molecule has 0 saturated carbocycles. The van der Waals surface area contributed by atoms with Crippen molar-refractivity contribution in [1.29, 1.82) is 0 Å². The average molecular weight is 411 g/mol. The first-order valence-electron chi connectivity index (χ1n) is 8.35. The van der Waals surface area contributed by atoms with Crippen molar-refractivity contribution in [2.24, 2.45) is 0 Å². The Morgan fingerprint density at radius 2 is 1.81 bits per heavy atom. The van der Waals surface area contributed by atoms with Gasteiger partial charge in [-0.1, -0.05) is 17.7 Å². The number of ether oxygens (including phenoxy) is 1. The predicted molar refractivity (Wildman–Crippen MR) is 107 cm³/mol. The molecule has 0 atom stereocenters. The van der Waals surface area contributed by atoms with Crippen molar-refractivity contribution in [3.05, 3.63) is 52.0 Å². The highest BCUT2D eigenvalue weighted by Gasteiger charge is 2.19. The lowest BCUT2D eigenvalue weighted by Crippen LogP contribution is -2.28. The van der Waals surface area contributed by atoms with Gasteiger partial charge in [0, 0.05) is 13.0 Å². The highest BCUT2D eigenvalue weighted by Crippen LogP contribution is 2.25. The predicted octanol–water partition coefficient (Wildman–Crippen LogP) is 3.58. The standard InChI is InChI=1S/C19H23ClN2O4S/c1-12-5-6-16(15(20)9-12)22-19(23)7-8-21-27(24,25)18-11-13(2)17(26-4)10-14(18)3/h5-6,9-11,21H,7-8H2,1-4H3,(H,22,23). The van der Waals surface area contributed by atoms with Crippen molar-refractivity contribution in [3.63, 3.8) is 0 Å². The van der Waals surface area contributed by atoms with Crippen LogP contribution in [-0.2, 0) is 14.8 Å². The summed E-state index contributed by atoms with van der Waals surface area (Å²) in [5.74, 6) is 0.298. The molecule has 27 heavy (non-hydrogen) atoms. The fourth-order valence-electron chi connectivity index (χ4n) is 2.58. The molecule has 0 fully saturated rings. The summed E-state index contributed by atoms with van der Waals surface area (Å²) in [6.45, 7) is 5.34. The molecule has 0 aliphatic carbocycles. The lowest BCUT2D eigenvalue weighted by molar-refractivity contribution is -0.116. The molecule has 0 aromatic heterocycles. The molecule has 0 spiro atoms.